The van der Waals surface area contributed by atoms with E-state index in [1.54, 1.807) is 0 Å². The Morgan fingerprint density at radius 1 is 0.905 bits per heavy atom. The van der Waals surface area contributed by atoms with E-state index in [9.17, 15) is 0 Å². The second kappa shape index (κ2) is 9.00. The molecule has 0 atom stereocenters. The maximum atomic E-state index is 3.53. The van der Waals surface area contributed by atoms with Crippen LogP contribution in [0.1, 0.15) is 43.7 Å². The van der Waals surface area contributed by atoms with Crippen LogP contribution in [0, 0.1) is 0 Å². The highest BCUT2D eigenvalue weighted by molar-refractivity contribution is 5.48. The lowest BCUT2D eigenvalue weighted by atomic mass is 10.0. The number of hydrogen-bond acceptors (Lipinski definition) is 0. The fourth-order valence-corrected chi connectivity index (χ4v) is 2.33. The van der Waals surface area contributed by atoms with E-state index in [4.69, 9.17) is 0 Å². The van der Waals surface area contributed by atoms with Crippen LogP contribution in [0.15, 0.2) is 72.0 Å². The number of benzene rings is 2. The fraction of sp³-hybridized carbons (Fsp3) is 0.286. The van der Waals surface area contributed by atoms with Gasteiger partial charge in [0.1, 0.15) is 0 Å². The molecule has 0 radical (unpaired) electrons. The average Bonchev–Trinajstić information content (AvgIpc) is 2.56. The molecule has 2 aromatic rings. The predicted molar refractivity (Wildman–Crippen MR) is 92.2 cm³/mol. The first-order valence-electron chi connectivity index (χ1n) is 7.92. The van der Waals surface area contributed by atoms with E-state index in [1.807, 2.05) is 0 Å². The molecule has 2 aromatic carbocycles. The summed E-state index contributed by atoms with van der Waals surface area (Å²) < 4.78 is 0. The topological polar surface area (TPSA) is 0 Å². The summed E-state index contributed by atoms with van der Waals surface area (Å²) in [5.41, 5.74) is 7.61. The molecule has 0 aromatic heterocycles. The van der Waals surface area contributed by atoms with Crippen molar-refractivity contribution in [1.82, 2.24) is 0 Å². The van der Waals surface area contributed by atoms with Crippen LogP contribution in [-0.2, 0) is 6.42 Å². The van der Waals surface area contributed by atoms with Crippen molar-refractivity contribution in [3.05, 3.63) is 83.1 Å². The van der Waals surface area contributed by atoms with Gasteiger partial charge in [-0.1, -0.05) is 74.0 Å². The molecule has 0 aliphatic heterocycles. The highest BCUT2D eigenvalue weighted by atomic mass is 14.0. The fourth-order valence-electron chi connectivity index (χ4n) is 2.33. The van der Waals surface area contributed by atoms with Gasteiger partial charge in [0, 0.05) is 0 Å². The van der Waals surface area contributed by atoms with Crippen LogP contribution in [0.3, 0.4) is 0 Å². The summed E-state index contributed by atoms with van der Waals surface area (Å²) in [4.78, 5) is 0. The second-order valence-electron chi connectivity index (χ2n) is 5.39. The molecule has 0 aliphatic rings. The van der Waals surface area contributed by atoms with Crippen molar-refractivity contribution in [2.45, 2.75) is 39.0 Å². The first-order chi connectivity index (χ1) is 10.4. The minimum Gasteiger partial charge on any atom is -0.121 e. The van der Waals surface area contributed by atoms with E-state index in [-0.39, 0.29) is 0 Å². The predicted octanol–water partition coefficient (Wildman–Crippen LogP) is 6.05. The summed E-state index contributed by atoms with van der Waals surface area (Å²) in [7, 11) is 0. The molecule has 108 valence electrons. The van der Waals surface area contributed by atoms with Crippen LogP contribution in [0.25, 0.3) is 6.08 Å². The third kappa shape index (κ3) is 5.85. The first kappa shape index (κ1) is 15.4. The van der Waals surface area contributed by atoms with E-state index in [1.165, 1.54) is 29.5 Å². The van der Waals surface area contributed by atoms with Gasteiger partial charge in [0.05, 0.1) is 0 Å². The molecule has 0 saturated heterocycles. The average molecular weight is 276 g/mol. The van der Waals surface area contributed by atoms with Gasteiger partial charge < -0.3 is 0 Å². The molecular formula is C21H24. The van der Waals surface area contributed by atoms with Crippen molar-refractivity contribution < 1.29 is 0 Å². The lowest BCUT2D eigenvalue weighted by Crippen LogP contribution is -1.89. The molecule has 0 aliphatic carbocycles. The largest absolute Gasteiger partial charge is 0.121 e. The first-order valence-corrected chi connectivity index (χ1v) is 7.92. The number of hydrogen-bond donors (Lipinski definition) is 0. The minimum absolute atomic E-state index is 1.10. The zero-order valence-corrected chi connectivity index (χ0v) is 12.9. The molecule has 0 fully saturated rings. The van der Waals surface area contributed by atoms with Crippen molar-refractivity contribution in [1.29, 1.82) is 0 Å². The maximum Gasteiger partial charge on any atom is -0.0128 e. The Labute approximate surface area is 128 Å². The smallest absolute Gasteiger partial charge is 0.0128 e. The monoisotopic (exact) mass is 276 g/mol. The van der Waals surface area contributed by atoms with E-state index in [2.05, 4.69) is 79.4 Å². The van der Waals surface area contributed by atoms with Crippen LogP contribution < -0.4 is 0 Å². The van der Waals surface area contributed by atoms with Gasteiger partial charge in [-0.3, -0.25) is 0 Å². The van der Waals surface area contributed by atoms with E-state index >= 15 is 0 Å². The molecule has 0 N–H and O–H groups in total. The van der Waals surface area contributed by atoms with Gasteiger partial charge in [0.2, 0.25) is 0 Å². The Morgan fingerprint density at radius 3 is 2.24 bits per heavy atom. The van der Waals surface area contributed by atoms with Crippen LogP contribution in [0.2, 0.25) is 0 Å². The van der Waals surface area contributed by atoms with Gasteiger partial charge in [0.15, 0.2) is 0 Å². The Hall–Kier alpha value is -2.04. The molecule has 0 bridgehead atoms. The number of rotatable bonds is 7. The maximum absolute atomic E-state index is 3.53. The molecule has 0 heterocycles. The molecule has 0 spiro atoms. The van der Waals surface area contributed by atoms with Gasteiger partial charge >= 0.3 is 0 Å². The summed E-state index contributed by atoms with van der Waals surface area (Å²) in [6.45, 7) is 2.25. The SMILES string of the molecule is CCCCC(=C=Cc1ccccc1)CCc1ccccc1. The lowest BCUT2D eigenvalue weighted by molar-refractivity contribution is 0.751. The highest BCUT2D eigenvalue weighted by Crippen LogP contribution is 2.15. The highest BCUT2D eigenvalue weighted by Gasteiger charge is 1.98. The zero-order valence-electron chi connectivity index (χ0n) is 12.9. The Kier molecular flexibility index (Phi) is 6.58. The lowest BCUT2D eigenvalue weighted by Gasteiger charge is -2.04. The van der Waals surface area contributed by atoms with E-state index in [0.29, 0.717) is 0 Å². The second-order valence-corrected chi connectivity index (χ2v) is 5.39. The molecule has 2 rings (SSSR count). The van der Waals surface area contributed by atoms with Crippen molar-refractivity contribution in [2.24, 2.45) is 0 Å². The van der Waals surface area contributed by atoms with Crippen LogP contribution in [-0.4, -0.2) is 0 Å². The van der Waals surface area contributed by atoms with Crippen LogP contribution in [0.5, 0.6) is 0 Å². The Balaban J connectivity index is 2.05. The third-order valence-electron chi connectivity index (χ3n) is 3.63. The number of aryl methyl sites for hydroxylation is 1. The third-order valence-corrected chi connectivity index (χ3v) is 3.63. The number of allylic oxidation sites excluding steroid dienone is 1. The normalized spacial score (nSPS) is 9.95. The molecule has 21 heavy (non-hydrogen) atoms. The molecule has 0 nitrogen and oxygen atoms in total. The summed E-state index contributed by atoms with van der Waals surface area (Å²) in [5.74, 6) is 0. The van der Waals surface area contributed by atoms with Crippen molar-refractivity contribution in [2.75, 3.05) is 0 Å². The molecule has 0 unspecified atom stereocenters. The van der Waals surface area contributed by atoms with Gasteiger partial charge in [-0.2, -0.15) is 0 Å². The summed E-state index contributed by atoms with van der Waals surface area (Å²) in [5, 5.41) is 0. The molecular weight excluding hydrogens is 252 g/mol. The number of unbranched alkanes of at least 4 members (excludes halogenated alkanes) is 1. The Morgan fingerprint density at radius 2 is 1.57 bits per heavy atom. The Bertz CT molecular complexity index is 572. The van der Waals surface area contributed by atoms with Crippen LogP contribution >= 0.6 is 0 Å². The van der Waals surface area contributed by atoms with Crippen LogP contribution in [0.4, 0.5) is 0 Å². The van der Waals surface area contributed by atoms with Gasteiger partial charge in [-0.15, -0.1) is 5.73 Å². The summed E-state index contributed by atoms with van der Waals surface area (Å²) >= 11 is 0. The van der Waals surface area contributed by atoms with Crippen molar-refractivity contribution >= 4 is 6.08 Å². The minimum atomic E-state index is 1.10. The molecule has 0 heteroatoms. The van der Waals surface area contributed by atoms with Crippen molar-refractivity contribution in [3.63, 3.8) is 0 Å². The van der Waals surface area contributed by atoms with Gasteiger partial charge in [0.25, 0.3) is 0 Å². The van der Waals surface area contributed by atoms with Crippen molar-refractivity contribution in [3.8, 4) is 0 Å². The van der Waals surface area contributed by atoms with E-state index < -0.39 is 0 Å². The summed E-state index contributed by atoms with van der Waals surface area (Å²) in [6.07, 6.45) is 7.98. The molecule has 0 saturated carbocycles. The van der Waals surface area contributed by atoms with Gasteiger partial charge in [-0.05, 0) is 48.5 Å². The standard InChI is InChI=1S/C21H24/c1-2-3-10-21(17-15-19-11-6-4-7-12-19)18-16-20-13-8-5-9-14-20/h4-9,11-15H,2-3,10,16,18H2,1H3. The quantitative estimate of drug-likeness (QED) is 0.540. The zero-order chi connectivity index (χ0) is 14.8. The van der Waals surface area contributed by atoms with E-state index in [0.717, 1.165) is 19.3 Å². The summed E-state index contributed by atoms with van der Waals surface area (Å²) in [6, 6.07) is 21.2. The molecule has 0 amide bonds. The van der Waals surface area contributed by atoms with Gasteiger partial charge in [-0.25, -0.2) is 0 Å².